The van der Waals surface area contributed by atoms with Gasteiger partial charge in [-0.2, -0.15) is 0 Å². The van der Waals surface area contributed by atoms with E-state index < -0.39 is 11.9 Å². The lowest BCUT2D eigenvalue weighted by Crippen LogP contribution is -2.21. The average molecular weight is 231 g/mol. The predicted molar refractivity (Wildman–Crippen MR) is 50.4 cm³/mol. The molecule has 2 aliphatic carbocycles. The zero-order valence-electron chi connectivity index (χ0n) is 7.93. The number of aliphatic carboxylic acids is 1. The van der Waals surface area contributed by atoms with Gasteiger partial charge in [-0.15, -0.1) is 11.6 Å². The summed E-state index contributed by atoms with van der Waals surface area (Å²) in [6.07, 6.45) is 0.861. The van der Waals surface area contributed by atoms with Crippen LogP contribution in [0.3, 0.4) is 0 Å². The molecule has 0 aromatic carbocycles. The molecule has 5 heteroatoms. The topological polar surface area (TPSA) is 63.6 Å². The van der Waals surface area contributed by atoms with Gasteiger partial charge >= 0.3 is 11.9 Å². The second kappa shape index (κ2) is 2.88. The fraction of sp³-hybridized carbons (Fsp3) is 0.800. The number of carboxylic acids is 1. The summed E-state index contributed by atoms with van der Waals surface area (Å²) in [5, 5.41) is 8.87. The van der Waals surface area contributed by atoms with E-state index in [1.807, 2.05) is 0 Å². The van der Waals surface area contributed by atoms with E-state index in [-0.39, 0.29) is 35.2 Å². The van der Waals surface area contributed by atoms with E-state index >= 15 is 0 Å². The fourth-order valence-corrected chi connectivity index (χ4v) is 3.94. The van der Waals surface area contributed by atoms with Crippen LogP contribution in [-0.2, 0) is 14.3 Å². The number of alkyl halides is 1. The molecule has 0 spiro atoms. The molecule has 0 bridgehead atoms. The van der Waals surface area contributed by atoms with Crippen LogP contribution in [0.15, 0.2) is 0 Å². The van der Waals surface area contributed by atoms with Crippen molar-refractivity contribution in [2.75, 3.05) is 0 Å². The van der Waals surface area contributed by atoms with Crippen LogP contribution in [0, 0.1) is 23.7 Å². The molecule has 15 heavy (non-hydrogen) atoms. The Morgan fingerprint density at radius 1 is 1.47 bits per heavy atom. The van der Waals surface area contributed by atoms with Gasteiger partial charge in [-0.3, -0.25) is 9.59 Å². The van der Waals surface area contributed by atoms with Gasteiger partial charge < -0.3 is 9.84 Å². The molecule has 2 saturated carbocycles. The van der Waals surface area contributed by atoms with Crippen molar-refractivity contribution in [2.24, 2.45) is 23.7 Å². The van der Waals surface area contributed by atoms with Crippen LogP contribution in [0.1, 0.15) is 12.8 Å². The van der Waals surface area contributed by atoms with E-state index in [1.54, 1.807) is 0 Å². The van der Waals surface area contributed by atoms with Crippen LogP contribution in [-0.4, -0.2) is 28.5 Å². The second-order valence-electron chi connectivity index (χ2n) is 4.68. The average Bonchev–Trinajstić information content (AvgIpc) is 2.73. The third-order valence-corrected chi connectivity index (χ3v) is 4.52. The summed E-state index contributed by atoms with van der Waals surface area (Å²) >= 11 is 6.07. The number of rotatable bonds is 1. The van der Waals surface area contributed by atoms with Crippen LogP contribution < -0.4 is 0 Å². The van der Waals surface area contributed by atoms with Crippen molar-refractivity contribution in [1.29, 1.82) is 0 Å². The molecule has 3 fully saturated rings. The molecule has 1 N–H and O–H groups in total. The van der Waals surface area contributed by atoms with Gasteiger partial charge in [0.2, 0.25) is 0 Å². The van der Waals surface area contributed by atoms with E-state index in [0.29, 0.717) is 12.8 Å². The third-order valence-electron chi connectivity index (χ3n) is 4.09. The maximum Gasteiger partial charge on any atom is 0.309 e. The smallest absolute Gasteiger partial charge is 0.309 e. The molecule has 1 heterocycles. The number of carbonyl (C=O) groups is 2. The van der Waals surface area contributed by atoms with Gasteiger partial charge in [-0.25, -0.2) is 0 Å². The first-order valence-electron chi connectivity index (χ1n) is 5.17. The van der Waals surface area contributed by atoms with E-state index in [9.17, 15) is 9.59 Å². The summed E-state index contributed by atoms with van der Waals surface area (Å²) in [6.45, 7) is 0. The first-order chi connectivity index (χ1) is 7.09. The summed E-state index contributed by atoms with van der Waals surface area (Å²) in [5.41, 5.74) is 0. The monoisotopic (exact) mass is 230 g/mol. The highest BCUT2D eigenvalue weighted by atomic mass is 35.5. The molecule has 0 amide bonds. The number of halogens is 1. The Morgan fingerprint density at radius 2 is 2.20 bits per heavy atom. The van der Waals surface area contributed by atoms with Gasteiger partial charge in [-0.05, 0) is 18.8 Å². The highest BCUT2D eigenvalue weighted by Crippen LogP contribution is 2.57. The Hall–Kier alpha value is -0.770. The minimum atomic E-state index is -0.799. The van der Waals surface area contributed by atoms with Crippen LogP contribution in [0.5, 0.6) is 0 Å². The molecule has 6 atom stereocenters. The summed E-state index contributed by atoms with van der Waals surface area (Å²) < 4.78 is 5.20. The third kappa shape index (κ3) is 1.08. The molecule has 3 aliphatic rings. The summed E-state index contributed by atoms with van der Waals surface area (Å²) in [7, 11) is 0. The first-order valence-corrected chi connectivity index (χ1v) is 5.60. The number of carbonyl (C=O) groups excluding carboxylic acids is 1. The van der Waals surface area contributed by atoms with E-state index in [0.717, 1.165) is 0 Å². The van der Waals surface area contributed by atoms with E-state index in [4.69, 9.17) is 21.4 Å². The van der Waals surface area contributed by atoms with Crippen molar-refractivity contribution in [3.8, 4) is 0 Å². The van der Waals surface area contributed by atoms with Gasteiger partial charge in [0.05, 0.1) is 17.2 Å². The van der Waals surface area contributed by atoms with E-state index in [1.165, 1.54) is 0 Å². The van der Waals surface area contributed by atoms with Crippen molar-refractivity contribution in [3.05, 3.63) is 0 Å². The normalized spacial score (nSPS) is 51.7. The molecule has 0 unspecified atom stereocenters. The first kappa shape index (κ1) is 9.46. The number of ether oxygens (including phenoxy) is 1. The molecule has 0 aromatic rings. The van der Waals surface area contributed by atoms with Crippen LogP contribution in [0.4, 0.5) is 0 Å². The highest BCUT2D eigenvalue weighted by molar-refractivity contribution is 6.21. The predicted octanol–water partition coefficient (Wildman–Crippen LogP) is 0.876. The van der Waals surface area contributed by atoms with Crippen LogP contribution in [0.25, 0.3) is 0 Å². The molecule has 0 aromatic heterocycles. The minimum absolute atomic E-state index is 0.0337. The maximum atomic E-state index is 11.5. The maximum absolute atomic E-state index is 11.5. The van der Waals surface area contributed by atoms with Gasteiger partial charge in [0.1, 0.15) is 6.10 Å². The van der Waals surface area contributed by atoms with Gasteiger partial charge in [0, 0.05) is 5.92 Å². The van der Waals surface area contributed by atoms with Crippen LogP contribution in [0.2, 0.25) is 0 Å². The van der Waals surface area contributed by atoms with Gasteiger partial charge in [-0.1, -0.05) is 0 Å². The van der Waals surface area contributed by atoms with Crippen LogP contribution >= 0.6 is 11.6 Å². The SMILES string of the molecule is O=C1O[C@H]2[C@@H]3[C@H](C[C@@H]2Cl)[C@H](C(=O)O)C[C@H]13. The minimum Gasteiger partial charge on any atom is -0.481 e. The zero-order valence-corrected chi connectivity index (χ0v) is 8.68. The Balaban J connectivity index is 1.95. The number of hydrogen-bond donors (Lipinski definition) is 1. The Labute approximate surface area is 91.5 Å². The van der Waals surface area contributed by atoms with Crippen molar-refractivity contribution >= 4 is 23.5 Å². The standard InChI is InChI=1S/C10H11ClO4/c11-6-2-3-4(9(12)13)1-5-7(3)8(6)15-10(5)14/h3-8H,1-2H2,(H,12,13)/t3-,4-,5+,6+,7-,8-/m1/s1. The van der Waals surface area contributed by atoms with Gasteiger partial charge in [0.15, 0.2) is 0 Å². The number of hydrogen-bond acceptors (Lipinski definition) is 3. The largest absolute Gasteiger partial charge is 0.481 e. The zero-order chi connectivity index (χ0) is 10.7. The summed E-state index contributed by atoms with van der Waals surface area (Å²) in [6, 6.07) is 0. The van der Waals surface area contributed by atoms with Crippen molar-refractivity contribution in [1.82, 2.24) is 0 Å². The van der Waals surface area contributed by atoms with E-state index in [2.05, 4.69) is 0 Å². The summed E-state index contributed by atoms with van der Waals surface area (Å²) in [4.78, 5) is 22.5. The fourth-order valence-electron chi connectivity index (χ4n) is 3.51. The summed E-state index contributed by atoms with van der Waals surface area (Å²) in [5.74, 6) is -1.58. The molecule has 82 valence electrons. The quantitative estimate of drug-likeness (QED) is 0.537. The number of esters is 1. The lowest BCUT2D eigenvalue weighted by molar-refractivity contribution is -0.145. The molecule has 0 radical (unpaired) electrons. The molecule has 4 nitrogen and oxygen atoms in total. The lowest BCUT2D eigenvalue weighted by atomic mass is 9.91. The van der Waals surface area contributed by atoms with Crippen molar-refractivity contribution < 1.29 is 19.4 Å². The van der Waals surface area contributed by atoms with Crippen molar-refractivity contribution in [2.45, 2.75) is 24.3 Å². The Kier molecular flexibility index (Phi) is 1.81. The second-order valence-corrected chi connectivity index (χ2v) is 5.24. The highest BCUT2D eigenvalue weighted by Gasteiger charge is 2.63. The lowest BCUT2D eigenvalue weighted by Gasteiger charge is -2.13. The molecule has 1 aliphatic heterocycles. The molecular weight excluding hydrogens is 220 g/mol. The molecule has 1 saturated heterocycles. The van der Waals surface area contributed by atoms with Crippen molar-refractivity contribution in [3.63, 3.8) is 0 Å². The molecule has 3 rings (SSSR count). The Morgan fingerprint density at radius 3 is 2.87 bits per heavy atom. The Bertz CT molecular complexity index is 342. The van der Waals surface area contributed by atoms with Gasteiger partial charge in [0.25, 0.3) is 0 Å². The number of carboxylic acid groups (broad SMARTS) is 1. The molecular formula is C10H11ClO4.